The first-order valence-corrected chi connectivity index (χ1v) is 6.29. The number of ketones is 2. The number of allylic oxidation sites excluding steroid dienone is 1. The topological polar surface area (TPSA) is 34.1 Å². The van der Waals surface area contributed by atoms with E-state index in [4.69, 9.17) is 0 Å². The molecule has 0 heterocycles. The van der Waals surface area contributed by atoms with Crippen molar-refractivity contribution in [3.05, 3.63) is 48.0 Å². The summed E-state index contributed by atoms with van der Waals surface area (Å²) in [6.45, 7) is 5.49. The Hall–Kier alpha value is -1.70. The van der Waals surface area contributed by atoms with E-state index in [2.05, 4.69) is 6.58 Å². The van der Waals surface area contributed by atoms with Crippen molar-refractivity contribution in [1.29, 1.82) is 0 Å². The maximum absolute atomic E-state index is 12.2. The summed E-state index contributed by atoms with van der Waals surface area (Å²) in [6, 6.07) is 9.74. The lowest BCUT2D eigenvalue weighted by Gasteiger charge is -2.34. The SMILES string of the molecule is C=C1CCC(=O)C(Cc2ccccc2)(C(C)=O)C1. The van der Waals surface area contributed by atoms with E-state index in [1.165, 1.54) is 6.92 Å². The van der Waals surface area contributed by atoms with Gasteiger partial charge in [0.05, 0.1) is 5.41 Å². The first kappa shape index (κ1) is 12.7. The van der Waals surface area contributed by atoms with E-state index < -0.39 is 5.41 Å². The molecule has 94 valence electrons. The van der Waals surface area contributed by atoms with Crippen molar-refractivity contribution in [3.8, 4) is 0 Å². The molecule has 1 aromatic rings. The van der Waals surface area contributed by atoms with E-state index in [9.17, 15) is 9.59 Å². The number of hydrogen-bond donors (Lipinski definition) is 0. The highest BCUT2D eigenvalue weighted by Gasteiger charge is 2.45. The lowest BCUT2D eigenvalue weighted by atomic mass is 9.66. The minimum Gasteiger partial charge on any atom is -0.299 e. The molecule has 0 spiro atoms. The molecule has 1 unspecified atom stereocenters. The minimum atomic E-state index is -0.864. The van der Waals surface area contributed by atoms with E-state index in [1.54, 1.807) is 0 Å². The van der Waals surface area contributed by atoms with Crippen LogP contribution in [0.1, 0.15) is 31.7 Å². The van der Waals surface area contributed by atoms with Crippen molar-refractivity contribution in [2.75, 3.05) is 0 Å². The molecule has 2 rings (SSSR count). The summed E-state index contributed by atoms with van der Waals surface area (Å²) < 4.78 is 0. The van der Waals surface area contributed by atoms with Crippen LogP contribution < -0.4 is 0 Å². The Morgan fingerprint density at radius 2 is 1.94 bits per heavy atom. The summed E-state index contributed by atoms with van der Waals surface area (Å²) in [4.78, 5) is 24.3. The Bertz CT molecular complexity index is 487. The number of rotatable bonds is 3. The molecule has 1 saturated carbocycles. The second-order valence-corrected chi connectivity index (χ2v) is 5.15. The van der Waals surface area contributed by atoms with Crippen molar-refractivity contribution in [3.63, 3.8) is 0 Å². The number of Topliss-reactive ketones (excluding diaryl/α,β-unsaturated/α-hetero) is 2. The largest absolute Gasteiger partial charge is 0.299 e. The number of hydrogen-bond acceptors (Lipinski definition) is 2. The summed E-state index contributed by atoms with van der Waals surface area (Å²) >= 11 is 0. The van der Waals surface area contributed by atoms with Crippen LogP contribution in [0.4, 0.5) is 0 Å². The summed E-state index contributed by atoms with van der Waals surface area (Å²) in [5, 5.41) is 0. The van der Waals surface area contributed by atoms with Crippen molar-refractivity contribution < 1.29 is 9.59 Å². The van der Waals surface area contributed by atoms with Gasteiger partial charge in [-0.15, -0.1) is 0 Å². The van der Waals surface area contributed by atoms with Gasteiger partial charge in [0, 0.05) is 6.42 Å². The van der Waals surface area contributed by atoms with Gasteiger partial charge in [-0.25, -0.2) is 0 Å². The predicted octanol–water partition coefficient (Wildman–Crippen LogP) is 3.11. The molecule has 1 aliphatic rings. The lowest BCUT2D eigenvalue weighted by Crippen LogP contribution is -2.42. The van der Waals surface area contributed by atoms with Crippen LogP contribution in [0.25, 0.3) is 0 Å². The number of carbonyl (C=O) groups is 2. The molecule has 0 radical (unpaired) electrons. The zero-order chi connectivity index (χ0) is 13.2. The Morgan fingerprint density at radius 3 is 2.56 bits per heavy atom. The van der Waals surface area contributed by atoms with Gasteiger partial charge in [0.1, 0.15) is 11.6 Å². The van der Waals surface area contributed by atoms with Crippen LogP contribution >= 0.6 is 0 Å². The molecule has 1 fully saturated rings. The second-order valence-electron chi connectivity index (χ2n) is 5.15. The van der Waals surface area contributed by atoms with Crippen molar-refractivity contribution in [2.24, 2.45) is 5.41 Å². The summed E-state index contributed by atoms with van der Waals surface area (Å²) in [6.07, 6.45) is 2.19. The quantitative estimate of drug-likeness (QED) is 0.603. The van der Waals surface area contributed by atoms with Crippen molar-refractivity contribution in [2.45, 2.75) is 32.6 Å². The summed E-state index contributed by atoms with van der Waals surface area (Å²) in [5.74, 6) is 0.0449. The Labute approximate surface area is 108 Å². The Kier molecular flexibility index (Phi) is 3.46. The van der Waals surface area contributed by atoms with Gasteiger partial charge in [-0.2, -0.15) is 0 Å². The molecule has 1 atom stereocenters. The number of carbonyl (C=O) groups excluding carboxylic acids is 2. The molecule has 18 heavy (non-hydrogen) atoms. The van der Waals surface area contributed by atoms with E-state index in [1.807, 2.05) is 30.3 Å². The molecule has 0 N–H and O–H groups in total. The first-order chi connectivity index (χ1) is 8.54. The van der Waals surface area contributed by atoms with Gasteiger partial charge in [0.15, 0.2) is 0 Å². The molecule has 1 aliphatic carbocycles. The van der Waals surface area contributed by atoms with E-state index in [0.717, 1.165) is 17.6 Å². The first-order valence-electron chi connectivity index (χ1n) is 6.29. The van der Waals surface area contributed by atoms with Crippen LogP contribution in [0.2, 0.25) is 0 Å². The van der Waals surface area contributed by atoms with E-state index in [0.29, 0.717) is 19.3 Å². The van der Waals surface area contributed by atoms with Gasteiger partial charge in [-0.1, -0.05) is 42.5 Å². The van der Waals surface area contributed by atoms with Crippen LogP contribution in [-0.2, 0) is 16.0 Å². The molecular weight excluding hydrogens is 224 g/mol. The third-order valence-corrected chi connectivity index (χ3v) is 3.81. The van der Waals surface area contributed by atoms with Crippen molar-refractivity contribution in [1.82, 2.24) is 0 Å². The Balaban J connectivity index is 2.35. The molecule has 0 aromatic heterocycles. The third-order valence-electron chi connectivity index (χ3n) is 3.81. The van der Waals surface area contributed by atoms with Crippen LogP contribution in [-0.4, -0.2) is 11.6 Å². The highest BCUT2D eigenvalue weighted by atomic mass is 16.2. The maximum atomic E-state index is 12.2. The average molecular weight is 242 g/mol. The molecule has 1 aromatic carbocycles. The lowest BCUT2D eigenvalue weighted by molar-refractivity contribution is -0.140. The smallest absolute Gasteiger partial charge is 0.147 e. The fourth-order valence-corrected chi connectivity index (χ4v) is 2.69. The van der Waals surface area contributed by atoms with Crippen LogP contribution in [0.15, 0.2) is 42.5 Å². The Morgan fingerprint density at radius 1 is 1.28 bits per heavy atom. The van der Waals surface area contributed by atoms with Gasteiger partial charge in [-0.05, 0) is 31.7 Å². The molecule has 0 bridgehead atoms. The fourth-order valence-electron chi connectivity index (χ4n) is 2.69. The summed E-state index contributed by atoms with van der Waals surface area (Å²) in [7, 11) is 0. The van der Waals surface area contributed by atoms with Crippen molar-refractivity contribution >= 4 is 11.6 Å². The fraction of sp³-hybridized carbons (Fsp3) is 0.375. The van der Waals surface area contributed by atoms with Crippen LogP contribution in [0, 0.1) is 5.41 Å². The summed E-state index contributed by atoms with van der Waals surface area (Å²) in [5.41, 5.74) is 1.19. The highest BCUT2D eigenvalue weighted by Crippen LogP contribution is 2.39. The van der Waals surface area contributed by atoms with Gasteiger partial charge in [-0.3, -0.25) is 9.59 Å². The molecular formula is C16H18O2. The van der Waals surface area contributed by atoms with Gasteiger partial charge >= 0.3 is 0 Å². The molecule has 0 amide bonds. The normalized spacial score (nSPS) is 24.1. The zero-order valence-corrected chi connectivity index (χ0v) is 10.7. The maximum Gasteiger partial charge on any atom is 0.147 e. The number of benzene rings is 1. The molecule has 2 nitrogen and oxygen atoms in total. The minimum absolute atomic E-state index is 0.0304. The van der Waals surface area contributed by atoms with E-state index in [-0.39, 0.29) is 11.6 Å². The molecule has 0 saturated heterocycles. The zero-order valence-electron chi connectivity index (χ0n) is 10.7. The standard InChI is InChI=1S/C16H18O2/c1-12-8-9-15(18)16(10-12,13(2)17)11-14-6-4-3-5-7-14/h3-7H,1,8-11H2,2H3. The highest BCUT2D eigenvalue weighted by molar-refractivity contribution is 6.07. The molecule has 0 aliphatic heterocycles. The van der Waals surface area contributed by atoms with Gasteiger partial charge in [0.25, 0.3) is 0 Å². The monoisotopic (exact) mass is 242 g/mol. The van der Waals surface area contributed by atoms with Gasteiger partial charge < -0.3 is 0 Å². The van der Waals surface area contributed by atoms with Crippen LogP contribution in [0.3, 0.4) is 0 Å². The van der Waals surface area contributed by atoms with E-state index >= 15 is 0 Å². The molecule has 2 heteroatoms. The van der Waals surface area contributed by atoms with Crippen LogP contribution in [0.5, 0.6) is 0 Å². The third kappa shape index (κ3) is 2.28. The van der Waals surface area contributed by atoms with Gasteiger partial charge in [0.2, 0.25) is 0 Å². The second kappa shape index (κ2) is 4.89. The predicted molar refractivity (Wildman–Crippen MR) is 71.3 cm³/mol. The average Bonchev–Trinajstić information content (AvgIpc) is 2.35.